The van der Waals surface area contributed by atoms with E-state index in [-0.39, 0.29) is 6.10 Å². The molecule has 1 aliphatic rings. The van der Waals surface area contributed by atoms with Crippen molar-refractivity contribution in [1.82, 2.24) is 0 Å². The first-order valence-corrected chi connectivity index (χ1v) is 5.63. The van der Waals surface area contributed by atoms with Crippen LogP contribution < -0.4 is 0 Å². The second-order valence-electron chi connectivity index (χ2n) is 4.08. The quantitative estimate of drug-likeness (QED) is 0.715. The Morgan fingerprint density at radius 1 is 1.27 bits per heavy atom. The maximum atomic E-state index is 10.5. The summed E-state index contributed by atoms with van der Waals surface area (Å²) >= 11 is 0. The number of carboxylic acid groups (broad SMARTS) is 1. The zero-order valence-electron chi connectivity index (χ0n) is 9.44. The fraction of sp³-hybridized carbons (Fsp3) is 0.909. The number of carboxylic acids is 1. The maximum Gasteiger partial charge on any atom is 0.332 e. The van der Waals surface area contributed by atoms with E-state index >= 15 is 0 Å². The van der Waals surface area contributed by atoms with Crippen LogP contribution in [0.3, 0.4) is 0 Å². The molecule has 0 aromatic carbocycles. The Kier molecular flexibility index (Phi) is 5.05. The van der Waals surface area contributed by atoms with Gasteiger partial charge in [0.2, 0.25) is 0 Å². The largest absolute Gasteiger partial charge is 0.479 e. The van der Waals surface area contributed by atoms with Crippen LogP contribution in [0.5, 0.6) is 0 Å². The topological polar surface area (TPSA) is 55.8 Å². The van der Waals surface area contributed by atoms with E-state index in [1.165, 1.54) is 26.2 Å². The van der Waals surface area contributed by atoms with Crippen molar-refractivity contribution in [1.29, 1.82) is 0 Å². The summed E-state index contributed by atoms with van der Waals surface area (Å²) < 4.78 is 10.8. The molecule has 1 saturated carbocycles. The summed E-state index contributed by atoms with van der Waals surface area (Å²) in [6.45, 7) is 3.27. The minimum absolute atomic E-state index is 0.245. The molecule has 0 radical (unpaired) electrons. The second kappa shape index (κ2) is 6.08. The lowest BCUT2D eigenvalue weighted by atomic mass is 9.98. The summed E-state index contributed by atoms with van der Waals surface area (Å²) in [5.41, 5.74) is 0. The lowest BCUT2D eigenvalue weighted by Gasteiger charge is -2.26. The number of hydrogen-bond acceptors (Lipinski definition) is 3. The summed E-state index contributed by atoms with van der Waals surface area (Å²) in [6, 6.07) is 0. The molecule has 4 heteroatoms. The van der Waals surface area contributed by atoms with Crippen LogP contribution in [0.25, 0.3) is 0 Å². The standard InChI is InChI=1S/C11H20O4/c1-8(11(12)13)14-9(2)15-10-6-4-3-5-7-10/h8-10H,3-7H2,1-2H3,(H,12,13)/t8?,9-/m0/s1. The molecule has 0 aliphatic heterocycles. The summed E-state index contributed by atoms with van der Waals surface area (Å²) in [5.74, 6) is -0.950. The SMILES string of the molecule is CC(O[C@H](C)OC1CCCCC1)C(=O)O. The third-order valence-corrected chi connectivity index (χ3v) is 2.68. The van der Waals surface area contributed by atoms with Gasteiger partial charge in [0.15, 0.2) is 12.4 Å². The number of rotatable bonds is 5. The summed E-state index contributed by atoms with van der Waals surface area (Å²) in [5, 5.41) is 8.66. The minimum atomic E-state index is -0.950. The van der Waals surface area contributed by atoms with Crippen molar-refractivity contribution >= 4 is 5.97 Å². The van der Waals surface area contributed by atoms with Gasteiger partial charge in [-0.3, -0.25) is 0 Å². The van der Waals surface area contributed by atoms with Crippen molar-refractivity contribution in [3.63, 3.8) is 0 Å². The number of carbonyl (C=O) groups is 1. The van der Waals surface area contributed by atoms with Crippen molar-refractivity contribution in [3.05, 3.63) is 0 Å². The molecule has 1 aliphatic carbocycles. The van der Waals surface area contributed by atoms with Crippen LogP contribution in [0.15, 0.2) is 0 Å². The highest BCUT2D eigenvalue weighted by Gasteiger charge is 2.20. The first-order chi connectivity index (χ1) is 7.09. The Morgan fingerprint density at radius 3 is 2.40 bits per heavy atom. The van der Waals surface area contributed by atoms with Crippen LogP contribution in [-0.2, 0) is 14.3 Å². The average molecular weight is 216 g/mol. The predicted molar refractivity (Wildman–Crippen MR) is 55.6 cm³/mol. The monoisotopic (exact) mass is 216 g/mol. The van der Waals surface area contributed by atoms with Gasteiger partial charge in [-0.2, -0.15) is 0 Å². The molecular weight excluding hydrogens is 196 g/mol. The summed E-state index contributed by atoms with van der Waals surface area (Å²) in [7, 11) is 0. The molecule has 4 nitrogen and oxygen atoms in total. The molecule has 1 rings (SSSR count). The first-order valence-electron chi connectivity index (χ1n) is 5.63. The highest BCUT2D eigenvalue weighted by atomic mass is 16.7. The number of aliphatic carboxylic acids is 1. The van der Waals surface area contributed by atoms with Crippen LogP contribution in [0.4, 0.5) is 0 Å². The molecular formula is C11H20O4. The molecule has 1 fully saturated rings. The zero-order chi connectivity index (χ0) is 11.3. The lowest BCUT2D eigenvalue weighted by Crippen LogP contribution is -2.30. The fourth-order valence-corrected chi connectivity index (χ4v) is 1.85. The van der Waals surface area contributed by atoms with E-state index in [0.717, 1.165) is 12.8 Å². The Hall–Kier alpha value is -0.610. The summed E-state index contributed by atoms with van der Waals surface area (Å²) in [4.78, 5) is 10.5. The van der Waals surface area contributed by atoms with Gasteiger partial charge in [0.05, 0.1) is 6.10 Å². The van der Waals surface area contributed by atoms with Crippen LogP contribution in [-0.4, -0.2) is 29.6 Å². The van der Waals surface area contributed by atoms with Crippen molar-refractivity contribution in [2.24, 2.45) is 0 Å². The van der Waals surface area contributed by atoms with Crippen LogP contribution >= 0.6 is 0 Å². The molecule has 0 saturated heterocycles. The third-order valence-electron chi connectivity index (χ3n) is 2.68. The van der Waals surface area contributed by atoms with Crippen molar-refractivity contribution in [3.8, 4) is 0 Å². The molecule has 2 atom stereocenters. The highest BCUT2D eigenvalue weighted by Crippen LogP contribution is 2.21. The van der Waals surface area contributed by atoms with Gasteiger partial charge in [0.1, 0.15) is 0 Å². The molecule has 0 amide bonds. The van der Waals surface area contributed by atoms with E-state index in [1.807, 2.05) is 0 Å². The van der Waals surface area contributed by atoms with Gasteiger partial charge in [0, 0.05) is 0 Å². The van der Waals surface area contributed by atoms with E-state index in [1.54, 1.807) is 6.92 Å². The van der Waals surface area contributed by atoms with Crippen LogP contribution in [0.2, 0.25) is 0 Å². The zero-order valence-corrected chi connectivity index (χ0v) is 9.44. The lowest BCUT2D eigenvalue weighted by molar-refractivity contribution is -0.198. The molecule has 88 valence electrons. The normalized spacial score (nSPS) is 22.3. The number of hydrogen-bond donors (Lipinski definition) is 1. The second-order valence-corrected chi connectivity index (χ2v) is 4.08. The molecule has 0 aromatic heterocycles. The first kappa shape index (κ1) is 12.5. The van der Waals surface area contributed by atoms with Crippen molar-refractivity contribution in [2.75, 3.05) is 0 Å². The smallest absolute Gasteiger partial charge is 0.332 e. The molecule has 0 spiro atoms. The van der Waals surface area contributed by atoms with Gasteiger partial charge in [-0.15, -0.1) is 0 Å². The van der Waals surface area contributed by atoms with Gasteiger partial charge in [0.25, 0.3) is 0 Å². The average Bonchev–Trinajstić information content (AvgIpc) is 2.18. The van der Waals surface area contributed by atoms with Crippen LogP contribution in [0.1, 0.15) is 46.0 Å². The van der Waals surface area contributed by atoms with Crippen LogP contribution in [0, 0.1) is 0 Å². The summed E-state index contributed by atoms with van der Waals surface area (Å²) in [6.07, 6.45) is 4.82. The van der Waals surface area contributed by atoms with Gasteiger partial charge < -0.3 is 14.6 Å². The number of ether oxygens (including phenoxy) is 2. The van der Waals surface area contributed by atoms with E-state index in [4.69, 9.17) is 14.6 Å². The van der Waals surface area contributed by atoms with E-state index in [2.05, 4.69) is 0 Å². The molecule has 0 heterocycles. The van der Waals surface area contributed by atoms with Gasteiger partial charge in [-0.1, -0.05) is 19.3 Å². The van der Waals surface area contributed by atoms with E-state index in [0.29, 0.717) is 0 Å². The van der Waals surface area contributed by atoms with Crippen molar-refractivity contribution < 1.29 is 19.4 Å². The fourth-order valence-electron chi connectivity index (χ4n) is 1.85. The molecule has 1 N–H and O–H groups in total. The van der Waals surface area contributed by atoms with Gasteiger partial charge >= 0.3 is 5.97 Å². The van der Waals surface area contributed by atoms with Gasteiger partial charge in [-0.05, 0) is 26.7 Å². The van der Waals surface area contributed by atoms with E-state index < -0.39 is 18.4 Å². The van der Waals surface area contributed by atoms with Crippen molar-refractivity contribution in [2.45, 2.75) is 64.4 Å². The highest BCUT2D eigenvalue weighted by molar-refractivity contribution is 5.71. The Balaban J connectivity index is 2.22. The molecule has 0 bridgehead atoms. The Labute approximate surface area is 90.6 Å². The van der Waals surface area contributed by atoms with Gasteiger partial charge in [-0.25, -0.2) is 4.79 Å². The molecule has 15 heavy (non-hydrogen) atoms. The maximum absolute atomic E-state index is 10.5. The predicted octanol–water partition coefficient (Wildman–Crippen LogP) is 2.17. The molecule has 0 aromatic rings. The Bertz CT molecular complexity index is 199. The Morgan fingerprint density at radius 2 is 1.87 bits per heavy atom. The third kappa shape index (κ3) is 4.62. The molecule has 1 unspecified atom stereocenters. The minimum Gasteiger partial charge on any atom is -0.479 e. The van der Waals surface area contributed by atoms with E-state index in [9.17, 15) is 4.79 Å².